The van der Waals surface area contributed by atoms with E-state index in [4.69, 9.17) is 4.74 Å². The summed E-state index contributed by atoms with van der Waals surface area (Å²) < 4.78 is 30.7. The van der Waals surface area contributed by atoms with Gasteiger partial charge in [-0.2, -0.15) is 0 Å². The molecule has 0 aromatic heterocycles. The predicted octanol–water partition coefficient (Wildman–Crippen LogP) is 3.36. The van der Waals surface area contributed by atoms with Gasteiger partial charge in [0.2, 0.25) is 10.0 Å². The molecule has 2 rings (SSSR count). The van der Waals surface area contributed by atoms with Gasteiger partial charge in [0, 0.05) is 12.1 Å². The van der Waals surface area contributed by atoms with E-state index in [0.29, 0.717) is 17.8 Å². The van der Waals surface area contributed by atoms with Gasteiger partial charge in [-0.1, -0.05) is 12.1 Å². The van der Waals surface area contributed by atoms with Crippen molar-refractivity contribution in [3.8, 4) is 5.75 Å². The highest BCUT2D eigenvalue weighted by Crippen LogP contribution is 2.20. The van der Waals surface area contributed by atoms with Crippen molar-refractivity contribution >= 4 is 21.6 Å². The molecule has 27 heavy (non-hydrogen) atoms. The second-order valence-corrected chi connectivity index (χ2v) is 8.26. The highest BCUT2D eigenvalue weighted by atomic mass is 32.2. The summed E-state index contributed by atoms with van der Waals surface area (Å²) in [6, 6.07) is 13.9. The molecule has 0 aliphatic heterocycles. The maximum Gasteiger partial charge on any atom is 0.251 e. The molecule has 2 aromatic rings. The number of methoxy groups -OCH3 is 1. The zero-order valence-corrected chi connectivity index (χ0v) is 16.9. The Labute approximate surface area is 161 Å². The van der Waals surface area contributed by atoms with Gasteiger partial charge >= 0.3 is 0 Å². The Hall–Kier alpha value is -2.54. The number of amides is 1. The number of nitrogens with zero attached hydrogens (tertiary/aromatic N) is 1. The molecule has 1 N–H and O–H groups in total. The van der Waals surface area contributed by atoms with E-state index in [1.165, 1.54) is 4.31 Å². The van der Waals surface area contributed by atoms with Crippen molar-refractivity contribution in [1.29, 1.82) is 0 Å². The Bertz CT molecular complexity index is 862. The minimum atomic E-state index is -3.33. The molecular weight excluding hydrogens is 364 g/mol. The Morgan fingerprint density at radius 3 is 2.15 bits per heavy atom. The molecule has 1 amide bonds. The normalized spacial score (nSPS) is 12.3. The van der Waals surface area contributed by atoms with Gasteiger partial charge in [0.25, 0.3) is 5.91 Å². The van der Waals surface area contributed by atoms with Crippen molar-refractivity contribution in [1.82, 2.24) is 5.32 Å². The lowest BCUT2D eigenvalue weighted by atomic mass is 10.1. The molecule has 0 heterocycles. The number of nitrogens with one attached hydrogen (secondary N) is 1. The number of carbonyl (C=O) groups excluding carboxylic acids is 1. The third-order valence-electron chi connectivity index (χ3n) is 4.37. The molecule has 0 bridgehead atoms. The molecule has 6 nitrogen and oxygen atoms in total. The first-order chi connectivity index (χ1) is 12.8. The molecule has 0 unspecified atom stereocenters. The molecule has 0 saturated carbocycles. The van der Waals surface area contributed by atoms with Crippen molar-refractivity contribution in [3.05, 3.63) is 59.7 Å². The van der Waals surface area contributed by atoms with Gasteiger partial charge in [-0.05, 0) is 62.7 Å². The van der Waals surface area contributed by atoms with Gasteiger partial charge < -0.3 is 10.1 Å². The molecule has 7 heteroatoms. The Morgan fingerprint density at radius 2 is 1.67 bits per heavy atom. The molecule has 0 saturated heterocycles. The van der Waals surface area contributed by atoms with Crippen LogP contribution in [0.2, 0.25) is 0 Å². The van der Waals surface area contributed by atoms with E-state index in [9.17, 15) is 13.2 Å². The highest BCUT2D eigenvalue weighted by Gasteiger charge is 2.19. The van der Waals surface area contributed by atoms with Crippen LogP contribution in [-0.4, -0.2) is 33.7 Å². The number of hydrogen-bond donors (Lipinski definition) is 1. The minimum absolute atomic E-state index is 0.0302. The molecule has 0 spiro atoms. The van der Waals surface area contributed by atoms with Crippen molar-refractivity contribution in [2.45, 2.75) is 26.8 Å². The Kier molecular flexibility index (Phi) is 6.85. The fourth-order valence-electron chi connectivity index (χ4n) is 2.73. The van der Waals surface area contributed by atoms with Crippen LogP contribution in [0, 0.1) is 0 Å². The van der Waals surface area contributed by atoms with Crippen LogP contribution in [0.4, 0.5) is 5.69 Å². The van der Waals surface area contributed by atoms with E-state index >= 15 is 0 Å². The minimum Gasteiger partial charge on any atom is -0.497 e. The first kappa shape index (κ1) is 20.8. The van der Waals surface area contributed by atoms with E-state index in [2.05, 4.69) is 5.32 Å². The van der Waals surface area contributed by atoms with Crippen molar-refractivity contribution in [2.75, 3.05) is 23.7 Å². The molecule has 0 aliphatic carbocycles. The van der Waals surface area contributed by atoms with Crippen LogP contribution in [0.3, 0.4) is 0 Å². The second-order valence-electron chi connectivity index (χ2n) is 6.08. The molecule has 0 radical (unpaired) electrons. The summed E-state index contributed by atoms with van der Waals surface area (Å²) >= 11 is 0. The van der Waals surface area contributed by atoms with E-state index < -0.39 is 10.0 Å². The van der Waals surface area contributed by atoms with E-state index in [0.717, 1.165) is 11.3 Å². The highest BCUT2D eigenvalue weighted by molar-refractivity contribution is 7.92. The summed E-state index contributed by atoms with van der Waals surface area (Å²) in [6.45, 7) is 5.64. The average molecular weight is 391 g/mol. The third-order valence-corrected chi connectivity index (χ3v) is 6.24. The summed E-state index contributed by atoms with van der Waals surface area (Å²) in [5, 5.41) is 2.94. The smallest absolute Gasteiger partial charge is 0.251 e. The van der Waals surface area contributed by atoms with Crippen molar-refractivity contribution in [2.24, 2.45) is 0 Å². The fraction of sp³-hybridized carbons (Fsp3) is 0.350. The van der Waals surface area contributed by atoms with Gasteiger partial charge in [0.1, 0.15) is 5.75 Å². The van der Waals surface area contributed by atoms with Crippen molar-refractivity contribution < 1.29 is 17.9 Å². The SMILES string of the molecule is CCN(c1ccc(C(=O)N[C@@H](C)c2ccc(OC)cc2)cc1)S(=O)(=O)CC. The number of ether oxygens (including phenoxy) is 1. The number of anilines is 1. The lowest BCUT2D eigenvalue weighted by Gasteiger charge is -2.22. The van der Waals surface area contributed by atoms with Crippen LogP contribution in [0.15, 0.2) is 48.5 Å². The molecule has 2 aromatic carbocycles. The number of benzene rings is 2. The van der Waals surface area contributed by atoms with Crippen LogP contribution in [0.1, 0.15) is 42.7 Å². The summed E-state index contributed by atoms with van der Waals surface area (Å²) in [5.41, 5.74) is 2.00. The lowest BCUT2D eigenvalue weighted by Crippen LogP contribution is -2.32. The van der Waals surface area contributed by atoms with Crippen LogP contribution in [0.25, 0.3) is 0 Å². The van der Waals surface area contributed by atoms with Gasteiger partial charge in [-0.25, -0.2) is 8.42 Å². The third kappa shape index (κ3) is 5.01. The van der Waals surface area contributed by atoms with Gasteiger partial charge in [-0.3, -0.25) is 9.10 Å². The summed E-state index contributed by atoms with van der Waals surface area (Å²) in [7, 11) is -1.73. The number of rotatable bonds is 8. The molecule has 146 valence electrons. The average Bonchev–Trinajstić information content (AvgIpc) is 2.68. The zero-order chi connectivity index (χ0) is 20.0. The zero-order valence-electron chi connectivity index (χ0n) is 16.1. The topological polar surface area (TPSA) is 75.7 Å². The first-order valence-electron chi connectivity index (χ1n) is 8.87. The molecule has 0 aliphatic rings. The van der Waals surface area contributed by atoms with Crippen LogP contribution < -0.4 is 14.4 Å². The summed E-state index contributed by atoms with van der Waals surface area (Å²) in [4.78, 5) is 12.5. The predicted molar refractivity (Wildman–Crippen MR) is 108 cm³/mol. The maximum atomic E-state index is 12.5. The van der Waals surface area contributed by atoms with E-state index in [-0.39, 0.29) is 17.7 Å². The van der Waals surface area contributed by atoms with E-state index in [1.807, 2.05) is 31.2 Å². The molecule has 0 fully saturated rings. The largest absolute Gasteiger partial charge is 0.497 e. The fourth-order valence-corrected chi connectivity index (χ4v) is 3.88. The standard InChI is InChI=1S/C20H26N2O4S/c1-5-22(27(24,25)6-2)18-11-7-17(8-12-18)20(23)21-15(3)16-9-13-19(26-4)14-10-16/h7-15H,5-6H2,1-4H3,(H,21,23)/t15-/m0/s1. The van der Waals surface area contributed by atoms with Crippen LogP contribution >= 0.6 is 0 Å². The van der Waals surface area contributed by atoms with Gasteiger partial charge in [0.05, 0.1) is 24.6 Å². The van der Waals surface area contributed by atoms with Gasteiger partial charge in [-0.15, -0.1) is 0 Å². The van der Waals surface area contributed by atoms with Crippen LogP contribution in [-0.2, 0) is 10.0 Å². The molecular formula is C20H26N2O4S. The summed E-state index contributed by atoms with van der Waals surface area (Å²) in [5.74, 6) is 0.573. The Balaban J connectivity index is 2.10. The first-order valence-corrected chi connectivity index (χ1v) is 10.5. The maximum absolute atomic E-state index is 12.5. The second kappa shape index (κ2) is 8.90. The lowest BCUT2D eigenvalue weighted by molar-refractivity contribution is 0.0940. The van der Waals surface area contributed by atoms with Crippen molar-refractivity contribution in [3.63, 3.8) is 0 Å². The monoisotopic (exact) mass is 390 g/mol. The van der Waals surface area contributed by atoms with Crippen LogP contribution in [0.5, 0.6) is 5.75 Å². The number of sulfonamides is 1. The quantitative estimate of drug-likeness (QED) is 0.750. The summed E-state index contributed by atoms with van der Waals surface area (Å²) in [6.07, 6.45) is 0. The Morgan fingerprint density at radius 1 is 1.07 bits per heavy atom. The van der Waals surface area contributed by atoms with E-state index in [1.54, 1.807) is 45.2 Å². The van der Waals surface area contributed by atoms with Gasteiger partial charge in [0.15, 0.2) is 0 Å². The molecule has 1 atom stereocenters. The number of hydrogen-bond acceptors (Lipinski definition) is 4. The number of carbonyl (C=O) groups is 1.